The van der Waals surface area contributed by atoms with Crippen LogP contribution in [0, 0.1) is 6.92 Å². The number of imide groups is 1. The molecule has 1 aliphatic heterocycles. The lowest BCUT2D eigenvalue weighted by Crippen LogP contribution is -2.30. The van der Waals surface area contributed by atoms with Gasteiger partial charge >= 0.3 is 6.03 Å². The number of rotatable bonds is 2. The number of nitrogens with one attached hydrogen (secondary N) is 1. The molecule has 0 saturated carbocycles. The van der Waals surface area contributed by atoms with Crippen molar-refractivity contribution in [2.75, 3.05) is 4.90 Å². The van der Waals surface area contributed by atoms with E-state index in [0.29, 0.717) is 5.69 Å². The third-order valence-electron chi connectivity index (χ3n) is 3.28. The molecule has 2 aromatic rings. The molecule has 1 fully saturated rings. The molecular weight excluding hydrogens is 264 g/mol. The molecule has 0 radical (unpaired) electrons. The van der Waals surface area contributed by atoms with Crippen molar-refractivity contribution in [1.29, 1.82) is 0 Å². The number of anilines is 1. The minimum Gasteiger partial charge on any atom is -0.302 e. The zero-order valence-electron chi connectivity index (χ0n) is 11.5. The number of hydrogen-bond acceptors (Lipinski definition) is 2. The van der Waals surface area contributed by atoms with Crippen molar-refractivity contribution in [3.8, 4) is 0 Å². The zero-order valence-corrected chi connectivity index (χ0v) is 11.5. The van der Waals surface area contributed by atoms with Crippen LogP contribution in [0.3, 0.4) is 0 Å². The fourth-order valence-electron chi connectivity index (χ4n) is 2.18. The highest BCUT2D eigenvalue weighted by molar-refractivity contribution is 6.28. The molecule has 1 aliphatic rings. The van der Waals surface area contributed by atoms with E-state index in [-0.39, 0.29) is 11.6 Å². The summed E-state index contributed by atoms with van der Waals surface area (Å²) in [5.74, 6) is -0.341. The molecule has 0 bridgehead atoms. The van der Waals surface area contributed by atoms with Gasteiger partial charge in [-0.1, -0.05) is 48.0 Å². The number of carbonyl (C=O) groups excluding carboxylic acids is 2. The molecule has 0 unspecified atom stereocenters. The number of benzene rings is 2. The van der Waals surface area contributed by atoms with E-state index in [1.165, 1.54) is 0 Å². The van der Waals surface area contributed by atoms with Gasteiger partial charge in [-0.05, 0) is 30.7 Å². The van der Waals surface area contributed by atoms with Crippen molar-refractivity contribution in [3.63, 3.8) is 0 Å². The second-order valence-electron chi connectivity index (χ2n) is 4.87. The fraction of sp³-hybridized carbons (Fsp3) is 0.0588. The first kappa shape index (κ1) is 13.1. The van der Waals surface area contributed by atoms with Gasteiger partial charge < -0.3 is 5.32 Å². The summed E-state index contributed by atoms with van der Waals surface area (Å²) in [6.07, 6.45) is 1.68. The summed E-state index contributed by atoms with van der Waals surface area (Å²) >= 11 is 0. The molecule has 0 spiro atoms. The molecule has 1 N–H and O–H groups in total. The van der Waals surface area contributed by atoms with Crippen molar-refractivity contribution < 1.29 is 9.59 Å². The quantitative estimate of drug-likeness (QED) is 0.678. The Balaban J connectivity index is 1.92. The molecule has 0 aromatic heterocycles. The van der Waals surface area contributed by atoms with E-state index in [1.54, 1.807) is 30.3 Å². The summed E-state index contributed by atoms with van der Waals surface area (Å²) in [5, 5.41) is 2.61. The average molecular weight is 278 g/mol. The Kier molecular flexibility index (Phi) is 3.28. The number of amides is 3. The molecule has 2 aromatic carbocycles. The number of hydrogen-bond donors (Lipinski definition) is 1. The van der Waals surface area contributed by atoms with Crippen LogP contribution in [0.5, 0.6) is 0 Å². The molecule has 3 rings (SSSR count). The number of urea groups is 1. The van der Waals surface area contributed by atoms with Crippen LogP contribution in [0.1, 0.15) is 11.1 Å². The fourth-order valence-corrected chi connectivity index (χ4v) is 2.18. The number of para-hydroxylation sites is 1. The van der Waals surface area contributed by atoms with E-state index in [4.69, 9.17) is 0 Å². The van der Waals surface area contributed by atoms with Crippen LogP contribution in [0.2, 0.25) is 0 Å². The van der Waals surface area contributed by atoms with Crippen LogP contribution in [-0.4, -0.2) is 11.9 Å². The monoisotopic (exact) mass is 278 g/mol. The van der Waals surface area contributed by atoms with Crippen LogP contribution in [0.25, 0.3) is 6.08 Å². The second kappa shape index (κ2) is 5.25. The molecular formula is C17H14N2O2. The Labute approximate surface area is 122 Å². The van der Waals surface area contributed by atoms with Crippen LogP contribution >= 0.6 is 0 Å². The maximum absolute atomic E-state index is 12.4. The summed E-state index contributed by atoms with van der Waals surface area (Å²) < 4.78 is 0. The van der Waals surface area contributed by atoms with E-state index >= 15 is 0 Å². The smallest absolute Gasteiger partial charge is 0.302 e. The Hall–Kier alpha value is -2.88. The molecule has 104 valence electrons. The van der Waals surface area contributed by atoms with Gasteiger partial charge in [0.05, 0.1) is 5.69 Å². The summed E-state index contributed by atoms with van der Waals surface area (Å²) in [5.41, 5.74) is 2.86. The van der Waals surface area contributed by atoms with Gasteiger partial charge in [0.25, 0.3) is 5.91 Å². The summed E-state index contributed by atoms with van der Waals surface area (Å²) in [4.78, 5) is 25.5. The topological polar surface area (TPSA) is 49.4 Å². The van der Waals surface area contributed by atoms with Crippen LogP contribution in [0.15, 0.2) is 60.3 Å². The lowest BCUT2D eigenvalue weighted by atomic mass is 10.1. The van der Waals surface area contributed by atoms with E-state index in [2.05, 4.69) is 5.32 Å². The standard InChI is InChI=1S/C17H14N2O2/c1-12-7-9-13(10-8-12)11-15-16(20)19(17(21)18-15)14-5-3-2-4-6-14/h2-11H,1H3,(H,18,21)/b15-11-. The van der Waals surface area contributed by atoms with E-state index in [0.717, 1.165) is 16.0 Å². The normalized spacial score (nSPS) is 16.4. The Morgan fingerprint density at radius 1 is 0.952 bits per heavy atom. The SMILES string of the molecule is Cc1ccc(/C=C2\NC(=O)N(c3ccccc3)C2=O)cc1. The van der Waals surface area contributed by atoms with Crippen molar-refractivity contribution in [2.24, 2.45) is 0 Å². The van der Waals surface area contributed by atoms with Gasteiger partial charge in [0.15, 0.2) is 0 Å². The second-order valence-corrected chi connectivity index (χ2v) is 4.87. The highest BCUT2D eigenvalue weighted by atomic mass is 16.2. The number of carbonyl (C=O) groups is 2. The molecule has 0 aliphatic carbocycles. The lowest BCUT2D eigenvalue weighted by molar-refractivity contribution is -0.113. The molecule has 1 saturated heterocycles. The zero-order chi connectivity index (χ0) is 14.8. The first-order valence-corrected chi connectivity index (χ1v) is 6.64. The van der Waals surface area contributed by atoms with Gasteiger partial charge in [0.2, 0.25) is 0 Å². The Morgan fingerprint density at radius 2 is 1.62 bits per heavy atom. The maximum atomic E-state index is 12.4. The lowest BCUT2D eigenvalue weighted by Gasteiger charge is -2.10. The number of aryl methyl sites for hydroxylation is 1. The van der Waals surface area contributed by atoms with Gasteiger partial charge in [-0.2, -0.15) is 0 Å². The van der Waals surface area contributed by atoms with Crippen LogP contribution < -0.4 is 10.2 Å². The van der Waals surface area contributed by atoms with Crippen molar-refractivity contribution in [3.05, 3.63) is 71.4 Å². The van der Waals surface area contributed by atoms with Crippen LogP contribution in [0.4, 0.5) is 10.5 Å². The first-order chi connectivity index (χ1) is 10.1. The Bertz CT molecular complexity index is 718. The third kappa shape index (κ3) is 2.56. The molecule has 21 heavy (non-hydrogen) atoms. The predicted molar refractivity (Wildman–Crippen MR) is 81.6 cm³/mol. The van der Waals surface area contributed by atoms with Gasteiger partial charge in [-0.25, -0.2) is 9.69 Å². The van der Waals surface area contributed by atoms with Gasteiger partial charge in [0, 0.05) is 0 Å². The largest absolute Gasteiger partial charge is 0.333 e. The maximum Gasteiger partial charge on any atom is 0.333 e. The number of nitrogens with zero attached hydrogens (tertiary/aromatic N) is 1. The van der Waals surface area contributed by atoms with Crippen molar-refractivity contribution in [2.45, 2.75) is 6.92 Å². The average Bonchev–Trinajstić information content (AvgIpc) is 2.77. The first-order valence-electron chi connectivity index (χ1n) is 6.64. The minimum absolute atomic E-state index is 0.285. The summed E-state index contributed by atoms with van der Waals surface area (Å²) in [7, 11) is 0. The highest BCUT2D eigenvalue weighted by Crippen LogP contribution is 2.21. The summed E-state index contributed by atoms with van der Waals surface area (Å²) in [6.45, 7) is 2.00. The summed E-state index contributed by atoms with van der Waals surface area (Å²) in [6, 6.07) is 16.2. The van der Waals surface area contributed by atoms with Crippen molar-refractivity contribution >= 4 is 23.7 Å². The highest BCUT2D eigenvalue weighted by Gasteiger charge is 2.34. The van der Waals surface area contributed by atoms with E-state index in [9.17, 15) is 9.59 Å². The minimum atomic E-state index is -0.426. The third-order valence-corrected chi connectivity index (χ3v) is 3.28. The van der Waals surface area contributed by atoms with Gasteiger partial charge in [0.1, 0.15) is 5.70 Å². The molecule has 1 heterocycles. The predicted octanol–water partition coefficient (Wildman–Crippen LogP) is 3.09. The van der Waals surface area contributed by atoms with Gasteiger partial charge in [-0.15, -0.1) is 0 Å². The van der Waals surface area contributed by atoms with Crippen molar-refractivity contribution in [1.82, 2.24) is 5.32 Å². The van der Waals surface area contributed by atoms with Crippen LogP contribution in [-0.2, 0) is 4.79 Å². The van der Waals surface area contributed by atoms with Gasteiger partial charge in [-0.3, -0.25) is 4.79 Å². The molecule has 4 nitrogen and oxygen atoms in total. The Morgan fingerprint density at radius 3 is 2.29 bits per heavy atom. The van der Waals surface area contributed by atoms with E-state index in [1.807, 2.05) is 37.3 Å². The molecule has 3 amide bonds. The molecule has 0 atom stereocenters. The van der Waals surface area contributed by atoms with E-state index < -0.39 is 6.03 Å². The molecule has 4 heteroatoms.